The van der Waals surface area contributed by atoms with Crippen LogP contribution < -0.4 is 0 Å². The summed E-state index contributed by atoms with van der Waals surface area (Å²) in [6, 6.07) is 0. The molecule has 3 nitrogen and oxygen atoms in total. The molecule has 11 heavy (non-hydrogen) atoms. The summed E-state index contributed by atoms with van der Waals surface area (Å²) in [7, 11) is -2.32. The van der Waals surface area contributed by atoms with E-state index in [-0.39, 0.29) is 6.61 Å². The molecule has 1 N–H and O–H groups in total. The van der Waals surface area contributed by atoms with Gasteiger partial charge < -0.3 is 9.63 Å². The van der Waals surface area contributed by atoms with E-state index in [4.69, 9.17) is 9.63 Å². The van der Waals surface area contributed by atoms with Crippen LogP contribution in [0.3, 0.4) is 0 Å². The number of aliphatic hydroxyl groups excluding tert-OH is 1. The Bertz CT molecular complexity index is 128. The smallest absolute Gasteiger partial charge is 0.202 e. The molecule has 0 radical (unpaired) electrons. The molecule has 0 spiro atoms. The minimum absolute atomic E-state index is 0.105. The summed E-state index contributed by atoms with van der Waals surface area (Å²) < 4.78 is 16.7. The van der Waals surface area contributed by atoms with Crippen LogP contribution in [0.5, 0.6) is 0 Å². The number of aliphatic hydroxyl groups is 1. The van der Waals surface area contributed by atoms with Gasteiger partial charge >= 0.3 is 0 Å². The fraction of sp³-hybridized carbons (Fsp3) is 1.00. The van der Waals surface area contributed by atoms with E-state index in [2.05, 4.69) is 0 Å². The second-order valence-corrected chi connectivity index (χ2v) is 5.51. The second-order valence-electron chi connectivity index (χ2n) is 2.36. The molecular formula is C7H17O3P. The van der Waals surface area contributed by atoms with Gasteiger partial charge in [0.05, 0.1) is 6.61 Å². The highest BCUT2D eigenvalue weighted by Crippen LogP contribution is 2.45. The molecule has 68 valence electrons. The highest BCUT2D eigenvalue weighted by molar-refractivity contribution is 7.58. The first-order valence-electron chi connectivity index (χ1n) is 4.02. The van der Waals surface area contributed by atoms with E-state index < -0.39 is 7.37 Å². The summed E-state index contributed by atoms with van der Waals surface area (Å²) in [4.78, 5) is 0. The van der Waals surface area contributed by atoms with Gasteiger partial charge in [-0.15, -0.1) is 0 Å². The first-order chi connectivity index (χ1) is 5.18. The third-order valence-electron chi connectivity index (χ3n) is 1.59. The highest BCUT2D eigenvalue weighted by Gasteiger charge is 2.16. The summed E-state index contributed by atoms with van der Waals surface area (Å²) in [5, 5.41) is 8.44. The topological polar surface area (TPSA) is 46.5 Å². The van der Waals surface area contributed by atoms with Crippen molar-refractivity contribution in [3.63, 3.8) is 0 Å². The van der Waals surface area contributed by atoms with Gasteiger partial charge in [-0.3, -0.25) is 4.57 Å². The van der Waals surface area contributed by atoms with E-state index in [1.54, 1.807) is 0 Å². The maximum atomic E-state index is 11.5. The van der Waals surface area contributed by atoms with E-state index in [1.165, 1.54) is 0 Å². The predicted molar refractivity (Wildman–Crippen MR) is 46.3 cm³/mol. The van der Waals surface area contributed by atoms with Crippen LogP contribution in [0, 0.1) is 0 Å². The zero-order valence-corrected chi connectivity index (χ0v) is 8.14. The quantitative estimate of drug-likeness (QED) is 0.500. The van der Waals surface area contributed by atoms with Crippen molar-refractivity contribution in [2.75, 3.05) is 25.5 Å². The molecular weight excluding hydrogens is 163 g/mol. The van der Waals surface area contributed by atoms with Gasteiger partial charge in [-0.1, -0.05) is 13.8 Å². The van der Waals surface area contributed by atoms with Gasteiger partial charge in [-0.05, 0) is 6.42 Å². The molecule has 0 aliphatic heterocycles. The van der Waals surface area contributed by atoms with Crippen molar-refractivity contribution in [2.45, 2.75) is 20.3 Å². The predicted octanol–water partition coefficient (Wildman–Crippen LogP) is 1.70. The highest BCUT2D eigenvalue weighted by atomic mass is 31.2. The van der Waals surface area contributed by atoms with Gasteiger partial charge in [-0.25, -0.2) is 0 Å². The largest absolute Gasteiger partial charge is 0.396 e. The van der Waals surface area contributed by atoms with Crippen LogP contribution >= 0.6 is 7.37 Å². The molecule has 0 aromatic heterocycles. The Labute approximate surface area is 68.2 Å². The average Bonchev–Trinajstić information content (AvgIpc) is 2.05. The van der Waals surface area contributed by atoms with Crippen molar-refractivity contribution in [3.8, 4) is 0 Å². The molecule has 0 aliphatic rings. The van der Waals surface area contributed by atoms with E-state index in [0.29, 0.717) is 25.4 Å². The van der Waals surface area contributed by atoms with Crippen molar-refractivity contribution < 1.29 is 14.2 Å². The molecule has 0 fully saturated rings. The number of hydrogen-bond acceptors (Lipinski definition) is 3. The summed E-state index contributed by atoms with van der Waals surface area (Å²) >= 11 is 0. The van der Waals surface area contributed by atoms with Crippen LogP contribution in [0.1, 0.15) is 20.3 Å². The van der Waals surface area contributed by atoms with Gasteiger partial charge in [0.25, 0.3) is 0 Å². The molecule has 0 aromatic carbocycles. The number of hydrogen-bond donors (Lipinski definition) is 1. The first kappa shape index (κ1) is 11.2. The molecule has 0 atom stereocenters. The fourth-order valence-corrected chi connectivity index (χ4v) is 1.98. The third kappa shape index (κ3) is 4.57. The van der Waals surface area contributed by atoms with Crippen LogP contribution in [0.15, 0.2) is 0 Å². The van der Waals surface area contributed by atoms with Gasteiger partial charge in [-0.2, -0.15) is 0 Å². The summed E-state index contributed by atoms with van der Waals surface area (Å²) in [6.45, 7) is 4.25. The Kier molecular flexibility index (Phi) is 5.83. The minimum Gasteiger partial charge on any atom is -0.396 e. The Morgan fingerprint density at radius 3 is 2.27 bits per heavy atom. The molecule has 0 amide bonds. The van der Waals surface area contributed by atoms with Crippen molar-refractivity contribution in [3.05, 3.63) is 0 Å². The summed E-state index contributed by atoms with van der Waals surface area (Å²) in [6.07, 6.45) is 1.76. The van der Waals surface area contributed by atoms with Crippen LogP contribution in [-0.2, 0) is 9.09 Å². The molecule has 0 saturated carbocycles. The summed E-state index contributed by atoms with van der Waals surface area (Å²) in [5.74, 6) is 0. The minimum atomic E-state index is -2.32. The summed E-state index contributed by atoms with van der Waals surface area (Å²) in [5.41, 5.74) is 0. The molecule has 0 rings (SSSR count). The normalized spacial score (nSPS) is 11.9. The lowest BCUT2D eigenvalue weighted by atomic mass is 10.5. The van der Waals surface area contributed by atoms with Gasteiger partial charge in [0.15, 0.2) is 0 Å². The van der Waals surface area contributed by atoms with E-state index in [0.717, 1.165) is 0 Å². The molecule has 0 aromatic rings. The van der Waals surface area contributed by atoms with Gasteiger partial charge in [0, 0.05) is 18.9 Å². The molecule has 0 bridgehead atoms. The van der Waals surface area contributed by atoms with Crippen molar-refractivity contribution in [2.24, 2.45) is 0 Å². The zero-order chi connectivity index (χ0) is 8.74. The Morgan fingerprint density at radius 1 is 1.36 bits per heavy atom. The Morgan fingerprint density at radius 2 is 1.91 bits per heavy atom. The van der Waals surface area contributed by atoms with E-state index in [9.17, 15) is 4.57 Å². The van der Waals surface area contributed by atoms with Crippen LogP contribution in [0.4, 0.5) is 0 Å². The molecule has 4 heteroatoms. The van der Waals surface area contributed by atoms with E-state index in [1.807, 2.05) is 13.8 Å². The van der Waals surface area contributed by atoms with Crippen molar-refractivity contribution in [1.82, 2.24) is 0 Å². The zero-order valence-electron chi connectivity index (χ0n) is 7.25. The van der Waals surface area contributed by atoms with Crippen LogP contribution in [0.2, 0.25) is 0 Å². The molecule has 0 saturated heterocycles. The van der Waals surface area contributed by atoms with Gasteiger partial charge in [0.1, 0.15) is 0 Å². The maximum absolute atomic E-state index is 11.5. The maximum Gasteiger partial charge on any atom is 0.202 e. The monoisotopic (exact) mass is 180 g/mol. The SMILES string of the molecule is CCP(=O)(CC)OCCCO. The standard InChI is InChI=1S/C7H17O3P/c1-3-11(9,4-2)10-7-5-6-8/h8H,3-7H2,1-2H3. The molecule has 0 heterocycles. The molecule has 0 aliphatic carbocycles. The Balaban J connectivity index is 3.61. The molecule has 0 unspecified atom stereocenters. The van der Waals surface area contributed by atoms with E-state index >= 15 is 0 Å². The second kappa shape index (κ2) is 5.76. The lowest BCUT2D eigenvalue weighted by Gasteiger charge is -2.13. The van der Waals surface area contributed by atoms with Crippen LogP contribution in [0.25, 0.3) is 0 Å². The van der Waals surface area contributed by atoms with Crippen molar-refractivity contribution >= 4 is 7.37 Å². The van der Waals surface area contributed by atoms with Gasteiger partial charge in [0.2, 0.25) is 7.37 Å². The van der Waals surface area contributed by atoms with Crippen molar-refractivity contribution in [1.29, 1.82) is 0 Å². The number of rotatable bonds is 6. The fourth-order valence-electron chi connectivity index (χ4n) is 0.702. The third-order valence-corrected chi connectivity index (χ3v) is 4.17. The van der Waals surface area contributed by atoms with Crippen LogP contribution in [-0.4, -0.2) is 30.6 Å². The average molecular weight is 180 g/mol. The lowest BCUT2D eigenvalue weighted by molar-refractivity contribution is 0.235. The lowest BCUT2D eigenvalue weighted by Crippen LogP contribution is -1.99. The Hall–Kier alpha value is 0.150. The first-order valence-corrected chi connectivity index (χ1v) is 6.01.